The Morgan fingerprint density at radius 1 is 1.00 bits per heavy atom. The van der Waals surface area contributed by atoms with Crippen LogP contribution in [-0.4, -0.2) is 56.7 Å². The third-order valence-electron chi connectivity index (χ3n) is 5.65. The van der Waals surface area contributed by atoms with Crippen molar-refractivity contribution in [2.45, 2.75) is 33.6 Å². The van der Waals surface area contributed by atoms with E-state index in [1.807, 2.05) is 13.0 Å². The number of carbonyl (C=O) groups is 1. The Hall–Kier alpha value is -3.26. The van der Waals surface area contributed by atoms with Gasteiger partial charge in [-0.1, -0.05) is 25.4 Å². The zero-order valence-corrected chi connectivity index (χ0v) is 20.0. The lowest BCUT2D eigenvalue weighted by molar-refractivity contribution is 0.0737. The Morgan fingerprint density at radius 3 is 2.30 bits per heavy atom. The molecule has 9 heteroatoms. The third-order valence-corrected chi connectivity index (χ3v) is 5.90. The predicted molar refractivity (Wildman–Crippen MR) is 129 cm³/mol. The van der Waals surface area contributed by atoms with Crippen LogP contribution < -0.4 is 10.3 Å². The average Bonchev–Trinajstić information content (AvgIpc) is 2.79. The zero-order valence-electron chi connectivity index (χ0n) is 19.2. The van der Waals surface area contributed by atoms with Crippen molar-refractivity contribution in [3.63, 3.8) is 0 Å². The molecular weight excluding hydrogens is 440 g/mol. The summed E-state index contributed by atoms with van der Waals surface area (Å²) in [5, 5.41) is 5.01. The van der Waals surface area contributed by atoms with Crippen molar-refractivity contribution >= 4 is 23.3 Å². The van der Waals surface area contributed by atoms with Gasteiger partial charge in [0.05, 0.1) is 5.69 Å². The van der Waals surface area contributed by atoms with E-state index in [4.69, 9.17) is 16.6 Å². The Bertz CT molecular complexity index is 1230. The summed E-state index contributed by atoms with van der Waals surface area (Å²) in [5.74, 6) is 1.57. The number of anilines is 1. The Balaban J connectivity index is 1.53. The van der Waals surface area contributed by atoms with Crippen molar-refractivity contribution in [1.29, 1.82) is 0 Å². The molecule has 0 N–H and O–H groups in total. The lowest BCUT2D eigenvalue weighted by atomic mass is 10.2. The van der Waals surface area contributed by atoms with Gasteiger partial charge in [-0.05, 0) is 38.1 Å². The molecule has 0 atom stereocenters. The number of hydrogen-bond donors (Lipinski definition) is 0. The standard InChI is InChI=1S/C24H27ClN6O2/c1-15(2)23-26-16(3)13-21(27-23)29-9-11-30(12-10-29)24(33)22-20(32)14-17(4)31(28-22)19-7-5-18(25)6-8-19/h5-8,13-15H,9-12H2,1-4H3. The monoisotopic (exact) mass is 466 g/mol. The van der Waals surface area contributed by atoms with Gasteiger partial charge in [-0.15, -0.1) is 0 Å². The summed E-state index contributed by atoms with van der Waals surface area (Å²) in [6.45, 7) is 10.1. The summed E-state index contributed by atoms with van der Waals surface area (Å²) < 4.78 is 1.60. The van der Waals surface area contributed by atoms with Gasteiger partial charge in [-0.2, -0.15) is 5.10 Å². The van der Waals surface area contributed by atoms with E-state index < -0.39 is 0 Å². The molecule has 1 amide bonds. The van der Waals surface area contributed by atoms with Gasteiger partial charge < -0.3 is 9.80 Å². The Labute approximate surface area is 197 Å². The smallest absolute Gasteiger partial charge is 0.278 e. The first-order chi connectivity index (χ1) is 15.7. The van der Waals surface area contributed by atoms with Crippen molar-refractivity contribution in [2.75, 3.05) is 31.1 Å². The van der Waals surface area contributed by atoms with Gasteiger partial charge in [0.15, 0.2) is 5.69 Å². The van der Waals surface area contributed by atoms with Crippen LogP contribution in [0.3, 0.4) is 0 Å². The molecule has 0 aliphatic carbocycles. The van der Waals surface area contributed by atoms with Crippen molar-refractivity contribution in [1.82, 2.24) is 24.6 Å². The zero-order chi connectivity index (χ0) is 23.7. The van der Waals surface area contributed by atoms with Gasteiger partial charge in [0.2, 0.25) is 5.43 Å². The number of aryl methyl sites for hydroxylation is 2. The maximum Gasteiger partial charge on any atom is 0.278 e. The molecule has 1 aliphatic heterocycles. The van der Waals surface area contributed by atoms with Gasteiger partial charge in [-0.3, -0.25) is 9.59 Å². The van der Waals surface area contributed by atoms with Gasteiger partial charge in [0.1, 0.15) is 11.6 Å². The second-order valence-electron chi connectivity index (χ2n) is 8.55. The fraction of sp³-hybridized carbons (Fsp3) is 0.375. The first kappa shape index (κ1) is 22.9. The molecule has 3 aromatic rings. The molecule has 172 valence electrons. The van der Waals surface area contributed by atoms with E-state index in [9.17, 15) is 9.59 Å². The Kier molecular flexibility index (Phi) is 6.47. The van der Waals surface area contributed by atoms with Crippen LogP contribution in [0.4, 0.5) is 5.82 Å². The van der Waals surface area contributed by atoms with Crippen LogP contribution in [0.1, 0.15) is 47.5 Å². The molecule has 3 heterocycles. The summed E-state index contributed by atoms with van der Waals surface area (Å²) in [4.78, 5) is 38.8. The number of aromatic nitrogens is 4. The maximum atomic E-state index is 13.2. The number of hydrogen-bond acceptors (Lipinski definition) is 6. The molecular formula is C24H27ClN6O2. The lowest BCUT2D eigenvalue weighted by Gasteiger charge is -2.35. The number of halogens is 1. The minimum absolute atomic E-state index is 0.0797. The molecule has 1 saturated heterocycles. The van der Waals surface area contributed by atoms with Crippen LogP contribution in [0.15, 0.2) is 41.2 Å². The van der Waals surface area contributed by atoms with Gasteiger partial charge >= 0.3 is 0 Å². The molecule has 4 rings (SSSR count). The van der Waals surface area contributed by atoms with Crippen LogP contribution in [0.2, 0.25) is 5.02 Å². The number of nitrogens with zero attached hydrogens (tertiary/aromatic N) is 6. The molecule has 0 saturated carbocycles. The summed E-state index contributed by atoms with van der Waals surface area (Å²) in [7, 11) is 0. The van der Waals surface area contributed by atoms with Crippen LogP contribution in [0.25, 0.3) is 5.69 Å². The highest BCUT2D eigenvalue weighted by atomic mass is 35.5. The minimum atomic E-state index is -0.377. The van der Waals surface area contributed by atoms with Crippen LogP contribution in [0, 0.1) is 13.8 Å². The van der Waals surface area contributed by atoms with Crippen molar-refractivity contribution < 1.29 is 4.79 Å². The van der Waals surface area contributed by atoms with E-state index in [0.29, 0.717) is 36.9 Å². The fourth-order valence-electron chi connectivity index (χ4n) is 3.82. The lowest BCUT2D eigenvalue weighted by Crippen LogP contribution is -2.50. The maximum absolute atomic E-state index is 13.2. The molecule has 1 aliphatic rings. The Morgan fingerprint density at radius 2 is 1.67 bits per heavy atom. The molecule has 0 bridgehead atoms. The number of carbonyl (C=O) groups excluding carboxylic acids is 1. The van der Waals surface area contributed by atoms with Crippen LogP contribution >= 0.6 is 11.6 Å². The highest BCUT2D eigenvalue weighted by Gasteiger charge is 2.26. The third kappa shape index (κ3) is 4.90. The van der Waals surface area contributed by atoms with Gasteiger partial charge in [0, 0.05) is 60.6 Å². The molecule has 2 aromatic heterocycles. The van der Waals surface area contributed by atoms with Crippen LogP contribution in [-0.2, 0) is 0 Å². The highest BCUT2D eigenvalue weighted by molar-refractivity contribution is 6.30. The normalized spacial score (nSPS) is 14.1. The minimum Gasteiger partial charge on any atom is -0.353 e. The second kappa shape index (κ2) is 9.31. The van der Waals surface area contributed by atoms with E-state index in [2.05, 4.69) is 28.8 Å². The summed E-state index contributed by atoms with van der Waals surface area (Å²) in [5.41, 5.74) is 1.84. The molecule has 0 radical (unpaired) electrons. The predicted octanol–water partition coefficient (Wildman–Crippen LogP) is 3.38. The van der Waals surface area contributed by atoms with E-state index in [-0.39, 0.29) is 22.9 Å². The SMILES string of the molecule is Cc1cc(N2CCN(C(=O)c3nn(-c4ccc(Cl)cc4)c(C)cc3=O)CC2)nc(C(C)C)n1. The van der Waals surface area contributed by atoms with E-state index in [1.165, 1.54) is 6.07 Å². The molecule has 1 fully saturated rings. The first-order valence-electron chi connectivity index (χ1n) is 11.0. The van der Waals surface area contributed by atoms with Crippen molar-refractivity contribution in [3.8, 4) is 5.69 Å². The number of benzene rings is 1. The summed E-state index contributed by atoms with van der Waals surface area (Å²) in [6.07, 6.45) is 0. The van der Waals surface area contributed by atoms with Crippen molar-refractivity contribution in [3.05, 3.63) is 74.6 Å². The molecule has 33 heavy (non-hydrogen) atoms. The quantitative estimate of drug-likeness (QED) is 0.586. The second-order valence-corrected chi connectivity index (χ2v) is 8.98. The topological polar surface area (TPSA) is 84.2 Å². The fourth-order valence-corrected chi connectivity index (χ4v) is 3.95. The highest BCUT2D eigenvalue weighted by Crippen LogP contribution is 2.19. The molecule has 0 spiro atoms. The largest absolute Gasteiger partial charge is 0.353 e. The summed E-state index contributed by atoms with van der Waals surface area (Å²) >= 11 is 5.98. The average molecular weight is 467 g/mol. The van der Waals surface area contributed by atoms with E-state index >= 15 is 0 Å². The molecule has 1 aromatic carbocycles. The molecule has 8 nitrogen and oxygen atoms in total. The number of piperazine rings is 1. The first-order valence-corrected chi connectivity index (χ1v) is 11.4. The van der Waals surface area contributed by atoms with E-state index in [1.54, 1.807) is 40.8 Å². The number of amides is 1. The summed E-state index contributed by atoms with van der Waals surface area (Å²) in [6, 6.07) is 10.5. The van der Waals surface area contributed by atoms with E-state index in [0.717, 1.165) is 23.0 Å². The van der Waals surface area contributed by atoms with Crippen molar-refractivity contribution in [2.24, 2.45) is 0 Å². The van der Waals surface area contributed by atoms with Crippen LogP contribution in [0.5, 0.6) is 0 Å². The van der Waals surface area contributed by atoms with Gasteiger partial charge in [0.25, 0.3) is 5.91 Å². The van der Waals surface area contributed by atoms with Gasteiger partial charge in [-0.25, -0.2) is 14.6 Å². The molecule has 0 unspecified atom stereocenters. The number of rotatable bonds is 4.